The van der Waals surface area contributed by atoms with Crippen LogP contribution < -0.4 is 10.6 Å². The maximum Gasteiger partial charge on any atom is 0.255 e. The fraction of sp³-hybridized carbons (Fsp3) is 0.148. The van der Waals surface area contributed by atoms with Crippen molar-refractivity contribution in [3.63, 3.8) is 0 Å². The van der Waals surface area contributed by atoms with Crippen molar-refractivity contribution in [3.05, 3.63) is 107 Å². The van der Waals surface area contributed by atoms with Gasteiger partial charge in [0, 0.05) is 29.3 Å². The van der Waals surface area contributed by atoms with E-state index in [1.54, 1.807) is 17.1 Å². The molecule has 9 heteroatoms. The molecule has 2 N–H and O–H groups in total. The van der Waals surface area contributed by atoms with E-state index < -0.39 is 6.04 Å². The monoisotopic (exact) mass is 496 g/mol. The molecular weight excluding hydrogens is 472 g/mol. The molecular formula is C27H24N6O2S. The zero-order valence-electron chi connectivity index (χ0n) is 19.8. The minimum absolute atomic E-state index is 0.00164. The van der Waals surface area contributed by atoms with Crippen molar-refractivity contribution >= 4 is 35.1 Å². The highest BCUT2D eigenvalue weighted by molar-refractivity contribution is 7.99. The Balaban J connectivity index is 1.43. The number of amides is 1. The molecule has 1 aliphatic heterocycles. The van der Waals surface area contributed by atoms with Crippen LogP contribution in [0.15, 0.2) is 95.6 Å². The lowest BCUT2D eigenvalue weighted by Gasteiger charge is -2.28. The minimum Gasteiger partial charge on any atom is -0.328 e. The van der Waals surface area contributed by atoms with Crippen molar-refractivity contribution in [2.75, 3.05) is 16.4 Å². The Morgan fingerprint density at radius 3 is 2.53 bits per heavy atom. The van der Waals surface area contributed by atoms with E-state index in [4.69, 9.17) is 0 Å². The molecule has 180 valence electrons. The van der Waals surface area contributed by atoms with Crippen LogP contribution in [0.4, 0.5) is 11.6 Å². The van der Waals surface area contributed by atoms with Gasteiger partial charge in [0.25, 0.3) is 5.91 Å². The number of allylic oxidation sites excluding steroid dienone is 1. The van der Waals surface area contributed by atoms with E-state index >= 15 is 0 Å². The van der Waals surface area contributed by atoms with E-state index in [0.29, 0.717) is 33.6 Å². The van der Waals surface area contributed by atoms with Crippen LogP contribution in [-0.4, -0.2) is 37.2 Å². The molecule has 36 heavy (non-hydrogen) atoms. The third-order valence-electron chi connectivity index (χ3n) is 5.82. The molecule has 0 fully saturated rings. The summed E-state index contributed by atoms with van der Waals surface area (Å²) in [5.41, 5.74) is 4.44. The van der Waals surface area contributed by atoms with Crippen LogP contribution in [0.3, 0.4) is 0 Å². The van der Waals surface area contributed by atoms with Gasteiger partial charge in [-0.15, -0.1) is 5.10 Å². The van der Waals surface area contributed by atoms with Gasteiger partial charge in [-0.2, -0.15) is 4.98 Å². The number of hydrogen-bond donors (Lipinski definition) is 2. The summed E-state index contributed by atoms with van der Waals surface area (Å²) in [5, 5.41) is 11.3. The normalized spacial score (nSPS) is 14.7. The van der Waals surface area contributed by atoms with E-state index in [2.05, 4.69) is 25.7 Å². The van der Waals surface area contributed by atoms with E-state index in [1.165, 1.54) is 11.8 Å². The number of Topliss-reactive ketones (excluding diaryl/α,β-unsaturated/α-hetero) is 1. The molecule has 5 rings (SSSR count). The Hall–Kier alpha value is -4.24. The molecule has 8 nitrogen and oxygen atoms in total. The Morgan fingerprint density at radius 1 is 1.03 bits per heavy atom. The predicted molar refractivity (Wildman–Crippen MR) is 140 cm³/mol. The lowest BCUT2D eigenvalue weighted by atomic mass is 9.96. The summed E-state index contributed by atoms with van der Waals surface area (Å²) in [7, 11) is 0. The summed E-state index contributed by atoms with van der Waals surface area (Å²) in [6, 6.07) is 20.0. The zero-order chi connectivity index (χ0) is 25.1. The summed E-state index contributed by atoms with van der Waals surface area (Å²) in [6.45, 7) is 3.83. The van der Waals surface area contributed by atoms with Crippen LogP contribution in [-0.2, 0) is 4.79 Å². The number of hydrogen-bond acceptors (Lipinski definition) is 7. The minimum atomic E-state index is -0.534. The van der Waals surface area contributed by atoms with Gasteiger partial charge in [0.15, 0.2) is 5.78 Å². The third kappa shape index (κ3) is 4.92. The fourth-order valence-corrected chi connectivity index (χ4v) is 4.73. The lowest BCUT2D eigenvalue weighted by Crippen LogP contribution is -2.31. The van der Waals surface area contributed by atoms with E-state index in [0.717, 1.165) is 11.1 Å². The van der Waals surface area contributed by atoms with Gasteiger partial charge in [0.1, 0.15) is 6.04 Å². The SMILES string of the molecule is CC1=C(C(=O)Nc2ccccc2)[C@@H](c2cccnc2)n2nc(SCC(=O)c3ccc(C)cc3)nc2N1. The highest BCUT2D eigenvalue weighted by Gasteiger charge is 2.34. The van der Waals surface area contributed by atoms with Crippen LogP contribution >= 0.6 is 11.8 Å². The first-order valence-corrected chi connectivity index (χ1v) is 12.4. The second-order valence-corrected chi connectivity index (χ2v) is 9.36. The van der Waals surface area contributed by atoms with Crippen LogP contribution in [0, 0.1) is 6.92 Å². The highest BCUT2D eigenvalue weighted by atomic mass is 32.2. The summed E-state index contributed by atoms with van der Waals surface area (Å²) in [4.78, 5) is 34.9. The second kappa shape index (κ2) is 10.2. The summed E-state index contributed by atoms with van der Waals surface area (Å²) in [6.07, 6.45) is 3.41. The van der Waals surface area contributed by atoms with Crippen LogP contribution in [0.2, 0.25) is 0 Å². The van der Waals surface area contributed by atoms with Gasteiger partial charge in [-0.05, 0) is 37.6 Å². The molecule has 1 amide bonds. The molecule has 0 spiro atoms. The maximum absolute atomic E-state index is 13.4. The van der Waals surface area contributed by atoms with Crippen molar-refractivity contribution in [2.24, 2.45) is 0 Å². The van der Waals surface area contributed by atoms with Crippen LogP contribution in [0.1, 0.15) is 34.5 Å². The van der Waals surface area contributed by atoms with Gasteiger partial charge in [0.2, 0.25) is 11.1 Å². The number of benzene rings is 2. The average molecular weight is 497 g/mol. The number of fused-ring (bicyclic) bond motifs is 1. The molecule has 0 saturated carbocycles. The van der Waals surface area contributed by atoms with Gasteiger partial charge >= 0.3 is 0 Å². The number of nitrogens with zero attached hydrogens (tertiary/aromatic N) is 4. The van der Waals surface area contributed by atoms with Gasteiger partial charge in [-0.3, -0.25) is 14.6 Å². The van der Waals surface area contributed by atoms with Crippen molar-refractivity contribution in [1.29, 1.82) is 0 Å². The van der Waals surface area contributed by atoms with Gasteiger partial charge in [-0.25, -0.2) is 4.68 Å². The maximum atomic E-state index is 13.4. The number of rotatable bonds is 7. The number of pyridine rings is 1. The Kier molecular flexibility index (Phi) is 6.64. The van der Waals surface area contributed by atoms with E-state index in [1.807, 2.05) is 80.6 Å². The number of aromatic nitrogens is 4. The molecule has 2 aromatic carbocycles. The highest BCUT2D eigenvalue weighted by Crippen LogP contribution is 2.36. The van der Waals surface area contributed by atoms with Crippen LogP contribution in [0.25, 0.3) is 0 Å². The van der Waals surface area contributed by atoms with Gasteiger partial charge < -0.3 is 10.6 Å². The van der Waals surface area contributed by atoms with Crippen molar-refractivity contribution in [1.82, 2.24) is 19.7 Å². The molecule has 1 atom stereocenters. The zero-order valence-corrected chi connectivity index (χ0v) is 20.6. The Labute approximate surface area is 212 Å². The van der Waals surface area contributed by atoms with E-state index in [-0.39, 0.29) is 17.4 Å². The quantitative estimate of drug-likeness (QED) is 0.278. The van der Waals surface area contributed by atoms with Gasteiger partial charge in [0.05, 0.1) is 11.3 Å². The number of ketones is 1. The topological polar surface area (TPSA) is 102 Å². The molecule has 0 aliphatic carbocycles. The Bertz CT molecular complexity index is 1430. The number of carbonyl (C=O) groups excluding carboxylic acids is 2. The smallest absolute Gasteiger partial charge is 0.255 e. The van der Waals surface area contributed by atoms with Crippen molar-refractivity contribution in [2.45, 2.75) is 25.0 Å². The van der Waals surface area contributed by atoms with Crippen molar-refractivity contribution in [3.8, 4) is 0 Å². The molecule has 0 unspecified atom stereocenters. The molecule has 1 aliphatic rings. The number of carbonyl (C=O) groups is 2. The largest absolute Gasteiger partial charge is 0.328 e. The Morgan fingerprint density at radius 2 is 1.81 bits per heavy atom. The van der Waals surface area contributed by atoms with Gasteiger partial charge in [-0.1, -0.05) is 65.9 Å². The first-order valence-electron chi connectivity index (χ1n) is 11.4. The fourth-order valence-electron chi connectivity index (χ4n) is 4.01. The summed E-state index contributed by atoms with van der Waals surface area (Å²) < 4.78 is 1.68. The molecule has 0 bridgehead atoms. The molecule has 0 saturated heterocycles. The number of thioether (sulfide) groups is 1. The molecule has 0 radical (unpaired) electrons. The third-order valence-corrected chi connectivity index (χ3v) is 6.65. The molecule has 3 heterocycles. The number of nitrogens with one attached hydrogen (secondary N) is 2. The number of aryl methyl sites for hydroxylation is 1. The standard InChI is InChI=1S/C27H24N6O2S/c1-17-10-12-19(13-11-17)22(34)16-36-27-31-26-29-18(2)23(25(35)30-21-8-4-3-5-9-21)24(33(26)32-27)20-7-6-14-28-15-20/h3-15,24H,16H2,1-2H3,(H,30,35)(H,29,31,32)/t24-/m1/s1. The van der Waals surface area contributed by atoms with E-state index in [9.17, 15) is 9.59 Å². The first-order chi connectivity index (χ1) is 17.5. The molecule has 4 aromatic rings. The predicted octanol–water partition coefficient (Wildman–Crippen LogP) is 4.88. The summed E-state index contributed by atoms with van der Waals surface area (Å²) in [5.74, 6) is 0.465. The number of anilines is 2. The van der Waals surface area contributed by atoms with Crippen molar-refractivity contribution < 1.29 is 9.59 Å². The number of para-hydroxylation sites is 1. The average Bonchev–Trinajstić information content (AvgIpc) is 3.30. The lowest BCUT2D eigenvalue weighted by molar-refractivity contribution is -0.113. The second-order valence-electron chi connectivity index (χ2n) is 8.41. The summed E-state index contributed by atoms with van der Waals surface area (Å²) >= 11 is 1.26. The first kappa shape index (κ1) is 23.5. The van der Waals surface area contributed by atoms with Crippen LogP contribution in [0.5, 0.6) is 0 Å². The molecule has 2 aromatic heterocycles.